The predicted octanol–water partition coefficient (Wildman–Crippen LogP) is -0.672. The molecule has 1 aromatic carbocycles. The van der Waals surface area contributed by atoms with Crippen molar-refractivity contribution in [3.05, 3.63) is 23.7 Å². The van der Waals surface area contributed by atoms with Gasteiger partial charge in [-0.2, -0.15) is 8.42 Å². The van der Waals surface area contributed by atoms with Gasteiger partial charge in [0, 0.05) is 0 Å². The fourth-order valence-corrected chi connectivity index (χ4v) is 3.67. The van der Waals surface area contributed by atoms with Gasteiger partial charge < -0.3 is 24.8 Å². The molecule has 0 spiro atoms. The van der Waals surface area contributed by atoms with Gasteiger partial charge in [0.15, 0.2) is 0 Å². The minimum absolute atomic E-state index is 0.239. The Labute approximate surface area is 134 Å². The van der Waals surface area contributed by atoms with Crippen molar-refractivity contribution in [2.45, 2.75) is 30.0 Å². The maximum Gasteiger partial charge on any atom is 0.295 e. The summed E-state index contributed by atoms with van der Waals surface area (Å²) in [5.41, 5.74) is 0.242. The second-order valence-corrected chi connectivity index (χ2v) is 7.34. The monoisotopic (exact) mass is 363 g/mol. The number of ether oxygens (including phenoxy) is 2. The van der Waals surface area contributed by atoms with E-state index in [1.807, 2.05) is 0 Å². The van der Waals surface area contributed by atoms with Gasteiger partial charge in [-0.15, -0.1) is 11.3 Å². The van der Waals surface area contributed by atoms with Crippen molar-refractivity contribution in [3.8, 4) is 5.75 Å². The van der Waals surface area contributed by atoms with Crippen LogP contribution in [0.3, 0.4) is 0 Å². The molecule has 9 nitrogen and oxygen atoms in total. The van der Waals surface area contributed by atoms with Crippen molar-refractivity contribution in [1.82, 2.24) is 4.98 Å². The fraction of sp³-hybridized carbons (Fsp3) is 0.417. The second kappa shape index (κ2) is 5.94. The van der Waals surface area contributed by atoms with Crippen LogP contribution in [0.25, 0.3) is 10.2 Å². The number of hydrogen-bond acceptors (Lipinski definition) is 9. The van der Waals surface area contributed by atoms with E-state index in [2.05, 4.69) is 4.98 Å². The summed E-state index contributed by atoms with van der Waals surface area (Å²) in [5.74, 6) is 0.239. The summed E-state index contributed by atoms with van der Waals surface area (Å²) in [6.07, 6.45) is -7.18. The van der Waals surface area contributed by atoms with E-state index >= 15 is 0 Å². The highest BCUT2D eigenvalue weighted by Gasteiger charge is 2.50. The van der Waals surface area contributed by atoms with E-state index in [4.69, 9.17) is 14.0 Å². The Bertz CT molecular complexity index is 806. The maximum atomic E-state index is 11.2. The molecule has 1 aliphatic heterocycles. The van der Waals surface area contributed by atoms with E-state index in [1.165, 1.54) is 17.4 Å². The van der Waals surface area contributed by atoms with Crippen LogP contribution in [0.2, 0.25) is 0 Å². The first-order chi connectivity index (χ1) is 10.8. The molecule has 0 saturated carbocycles. The number of aliphatic hydroxyl groups excluding tert-OH is 3. The van der Waals surface area contributed by atoms with Crippen molar-refractivity contribution in [3.63, 3.8) is 0 Å². The lowest BCUT2D eigenvalue weighted by atomic mass is 10.1. The largest absolute Gasteiger partial charge is 0.462 e. The van der Waals surface area contributed by atoms with E-state index in [0.717, 1.165) is 10.2 Å². The van der Waals surface area contributed by atoms with Gasteiger partial charge in [-0.05, 0) is 18.2 Å². The lowest BCUT2D eigenvalue weighted by molar-refractivity contribution is -0.254. The SMILES string of the molecule is O=S(=O)(O)C1O[C@@H](Oc2ccc3ncsc3c2)[C@H](O)[C@@H](O)[C@@H]1O. The van der Waals surface area contributed by atoms with Gasteiger partial charge in [-0.3, -0.25) is 4.55 Å². The smallest absolute Gasteiger partial charge is 0.295 e. The van der Waals surface area contributed by atoms with Crippen LogP contribution in [-0.4, -0.2) is 63.3 Å². The van der Waals surface area contributed by atoms with E-state index < -0.39 is 40.2 Å². The maximum absolute atomic E-state index is 11.2. The number of benzene rings is 1. The molecule has 1 aliphatic rings. The molecule has 0 amide bonds. The zero-order valence-corrected chi connectivity index (χ0v) is 13.0. The van der Waals surface area contributed by atoms with Gasteiger partial charge in [0.25, 0.3) is 10.1 Å². The van der Waals surface area contributed by atoms with Crippen LogP contribution >= 0.6 is 11.3 Å². The van der Waals surface area contributed by atoms with Crippen molar-refractivity contribution in [2.75, 3.05) is 0 Å². The molecule has 23 heavy (non-hydrogen) atoms. The molecular weight excluding hydrogens is 350 g/mol. The van der Waals surface area contributed by atoms with Gasteiger partial charge in [0.05, 0.1) is 15.7 Å². The van der Waals surface area contributed by atoms with Crippen LogP contribution in [0.15, 0.2) is 23.7 Å². The van der Waals surface area contributed by atoms with Crippen LogP contribution in [0, 0.1) is 0 Å². The summed E-state index contributed by atoms with van der Waals surface area (Å²) >= 11 is 1.35. The van der Waals surface area contributed by atoms with E-state index in [0.29, 0.717) is 0 Å². The molecule has 4 N–H and O–H groups in total. The Hall–Kier alpha value is -1.34. The highest BCUT2D eigenvalue weighted by atomic mass is 32.2. The average molecular weight is 363 g/mol. The van der Waals surface area contributed by atoms with Crippen LogP contribution in [0.4, 0.5) is 0 Å². The van der Waals surface area contributed by atoms with Crippen LogP contribution in [0.1, 0.15) is 0 Å². The third kappa shape index (κ3) is 3.17. The number of thiazole rings is 1. The number of aromatic nitrogens is 1. The number of fused-ring (bicyclic) bond motifs is 1. The van der Waals surface area contributed by atoms with E-state index in [1.54, 1.807) is 17.6 Å². The number of aliphatic hydroxyl groups is 3. The highest BCUT2D eigenvalue weighted by molar-refractivity contribution is 7.86. The van der Waals surface area contributed by atoms with Gasteiger partial charge in [-0.1, -0.05) is 0 Å². The van der Waals surface area contributed by atoms with Gasteiger partial charge in [-0.25, -0.2) is 4.98 Å². The third-order valence-electron chi connectivity index (χ3n) is 3.37. The Morgan fingerprint density at radius 3 is 2.61 bits per heavy atom. The molecule has 5 atom stereocenters. The van der Waals surface area contributed by atoms with Gasteiger partial charge >= 0.3 is 0 Å². The molecule has 1 saturated heterocycles. The first-order valence-corrected chi connectivity index (χ1v) is 8.81. The number of rotatable bonds is 3. The van der Waals surface area contributed by atoms with Crippen molar-refractivity contribution in [2.24, 2.45) is 0 Å². The first-order valence-electron chi connectivity index (χ1n) is 6.43. The normalized spacial score (nSPS) is 32.1. The quantitative estimate of drug-likeness (QED) is 0.521. The molecular formula is C12H13NO8S2. The first kappa shape index (κ1) is 16.5. The molecule has 11 heteroatoms. The molecule has 0 radical (unpaired) electrons. The minimum atomic E-state index is -4.81. The minimum Gasteiger partial charge on any atom is -0.462 e. The van der Waals surface area contributed by atoms with E-state index in [9.17, 15) is 23.7 Å². The fourth-order valence-electron chi connectivity index (χ4n) is 2.20. The molecule has 1 fully saturated rings. The molecule has 126 valence electrons. The average Bonchev–Trinajstić information content (AvgIpc) is 2.94. The number of hydrogen-bond donors (Lipinski definition) is 4. The molecule has 1 aromatic heterocycles. The molecule has 2 aromatic rings. The van der Waals surface area contributed by atoms with Crippen LogP contribution < -0.4 is 4.74 Å². The lowest BCUT2D eigenvalue weighted by Crippen LogP contribution is -2.61. The molecule has 0 bridgehead atoms. The summed E-state index contributed by atoms with van der Waals surface area (Å²) in [7, 11) is -4.81. The summed E-state index contributed by atoms with van der Waals surface area (Å²) < 4.78 is 42.5. The number of nitrogens with zero attached hydrogens (tertiary/aromatic N) is 1. The van der Waals surface area contributed by atoms with Crippen molar-refractivity contribution >= 4 is 31.7 Å². The molecule has 1 unspecified atom stereocenters. The molecule has 2 heterocycles. The standard InChI is InChI=1S/C12H13NO8S2/c14-8-9(15)11(21-12(10(8)16)23(17,18)19)20-5-1-2-6-7(3-5)22-4-13-6/h1-4,8-12,14-16H,(H,17,18,19)/t8-,9-,10+,11-,12?/m1/s1. The summed E-state index contributed by atoms with van der Waals surface area (Å²) in [6.45, 7) is 0. The summed E-state index contributed by atoms with van der Waals surface area (Å²) in [5, 5.41) is 29.2. The Balaban J connectivity index is 1.85. The van der Waals surface area contributed by atoms with Crippen molar-refractivity contribution < 1.29 is 37.8 Å². The molecule has 3 rings (SSSR count). The zero-order chi connectivity index (χ0) is 16.8. The van der Waals surface area contributed by atoms with Gasteiger partial charge in [0.2, 0.25) is 11.7 Å². The van der Waals surface area contributed by atoms with E-state index in [-0.39, 0.29) is 5.75 Å². The van der Waals surface area contributed by atoms with Crippen LogP contribution in [0.5, 0.6) is 5.75 Å². The van der Waals surface area contributed by atoms with Crippen LogP contribution in [-0.2, 0) is 14.9 Å². The third-order valence-corrected chi connectivity index (χ3v) is 5.14. The molecule has 0 aliphatic carbocycles. The Morgan fingerprint density at radius 1 is 1.17 bits per heavy atom. The lowest BCUT2D eigenvalue weighted by Gasteiger charge is -2.38. The second-order valence-electron chi connectivity index (χ2n) is 4.96. The Kier molecular flexibility index (Phi) is 4.27. The topological polar surface area (TPSA) is 146 Å². The highest BCUT2D eigenvalue weighted by Crippen LogP contribution is 2.29. The summed E-state index contributed by atoms with van der Waals surface area (Å²) in [6, 6.07) is 4.78. The zero-order valence-electron chi connectivity index (χ0n) is 11.4. The summed E-state index contributed by atoms with van der Waals surface area (Å²) in [4.78, 5) is 4.08. The Morgan fingerprint density at radius 2 is 1.91 bits per heavy atom. The van der Waals surface area contributed by atoms with Gasteiger partial charge in [0.1, 0.15) is 24.1 Å². The predicted molar refractivity (Wildman–Crippen MR) is 78.5 cm³/mol. The van der Waals surface area contributed by atoms with Crippen molar-refractivity contribution in [1.29, 1.82) is 0 Å².